The molecule has 1 aromatic rings. The summed E-state index contributed by atoms with van der Waals surface area (Å²) in [7, 11) is 0. The van der Waals surface area contributed by atoms with Crippen molar-refractivity contribution in [2.45, 2.75) is 52.6 Å². The minimum atomic E-state index is 0.642. The molecule has 0 amide bonds. The van der Waals surface area contributed by atoms with Gasteiger partial charge in [0.15, 0.2) is 0 Å². The number of hydrogen-bond donors (Lipinski definition) is 1. The molecular weight excluding hydrogens is 198 g/mol. The van der Waals surface area contributed by atoms with E-state index in [4.69, 9.17) is 0 Å². The highest BCUT2D eigenvalue weighted by molar-refractivity contribution is 5.35. The highest BCUT2D eigenvalue weighted by Crippen LogP contribution is 2.27. The third-order valence-electron chi connectivity index (χ3n) is 3.30. The van der Waals surface area contributed by atoms with Gasteiger partial charge in [-0.2, -0.15) is 5.10 Å². The maximum Gasteiger partial charge on any atom is 0.124 e. The Morgan fingerprint density at radius 2 is 2.31 bits per heavy atom. The van der Waals surface area contributed by atoms with Crippen LogP contribution in [0.4, 0.5) is 5.82 Å². The zero-order valence-electron chi connectivity index (χ0n) is 10.6. The Labute approximate surface area is 98.2 Å². The van der Waals surface area contributed by atoms with Crippen LogP contribution in [-0.2, 0) is 6.54 Å². The number of nitrogens with one attached hydrogen (secondary N) is 1. The van der Waals surface area contributed by atoms with Crippen LogP contribution in [0.3, 0.4) is 0 Å². The summed E-state index contributed by atoms with van der Waals surface area (Å²) in [6, 6.07) is 2.74. The van der Waals surface area contributed by atoms with Crippen molar-refractivity contribution < 1.29 is 0 Å². The van der Waals surface area contributed by atoms with Gasteiger partial charge in [0, 0.05) is 18.7 Å². The topological polar surface area (TPSA) is 29.9 Å². The van der Waals surface area contributed by atoms with Gasteiger partial charge in [0.25, 0.3) is 0 Å². The zero-order valence-corrected chi connectivity index (χ0v) is 10.6. The van der Waals surface area contributed by atoms with Crippen molar-refractivity contribution in [1.29, 1.82) is 0 Å². The number of aromatic nitrogens is 2. The number of nitrogens with zero attached hydrogens (tertiary/aromatic N) is 2. The fourth-order valence-electron chi connectivity index (χ4n) is 2.49. The van der Waals surface area contributed by atoms with Crippen LogP contribution in [0.15, 0.2) is 12.3 Å². The third kappa shape index (κ3) is 2.77. The standard InChI is InChI=1S/C13H23N3/c1-10(2)9-16-13(6-7-14-16)15-12-5-4-11(3)8-12/h6-7,10-12,15H,4-5,8-9H2,1-3H3. The molecule has 0 aliphatic heterocycles. The van der Waals surface area contributed by atoms with E-state index in [2.05, 4.69) is 41.9 Å². The molecule has 1 aliphatic carbocycles. The molecule has 0 spiro atoms. The molecule has 90 valence electrons. The lowest BCUT2D eigenvalue weighted by atomic mass is 10.1. The van der Waals surface area contributed by atoms with Crippen molar-refractivity contribution in [3.63, 3.8) is 0 Å². The Morgan fingerprint density at radius 1 is 1.50 bits per heavy atom. The van der Waals surface area contributed by atoms with Crippen LogP contribution < -0.4 is 5.32 Å². The molecule has 1 saturated carbocycles. The van der Waals surface area contributed by atoms with Gasteiger partial charge in [-0.25, -0.2) is 4.68 Å². The first kappa shape index (κ1) is 11.5. The van der Waals surface area contributed by atoms with E-state index in [1.807, 2.05) is 6.20 Å². The van der Waals surface area contributed by atoms with Gasteiger partial charge in [-0.1, -0.05) is 20.8 Å². The number of rotatable bonds is 4. The summed E-state index contributed by atoms with van der Waals surface area (Å²) in [5, 5.41) is 8.00. The van der Waals surface area contributed by atoms with E-state index >= 15 is 0 Å². The van der Waals surface area contributed by atoms with Crippen molar-refractivity contribution in [3.8, 4) is 0 Å². The largest absolute Gasteiger partial charge is 0.368 e. The predicted molar refractivity (Wildman–Crippen MR) is 67.5 cm³/mol. The third-order valence-corrected chi connectivity index (χ3v) is 3.30. The molecule has 3 nitrogen and oxygen atoms in total. The van der Waals surface area contributed by atoms with Crippen molar-refractivity contribution >= 4 is 5.82 Å². The summed E-state index contributed by atoms with van der Waals surface area (Å²) in [4.78, 5) is 0. The smallest absolute Gasteiger partial charge is 0.124 e. The Kier molecular flexibility index (Phi) is 3.52. The molecule has 1 aliphatic rings. The molecule has 0 saturated heterocycles. The molecule has 2 atom stereocenters. The summed E-state index contributed by atoms with van der Waals surface area (Å²) in [5.74, 6) is 2.70. The van der Waals surface area contributed by atoms with E-state index in [0.717, 1.165) is 12.5 Å². The summed E-state index contributed by atoms with van der Waals surface area (Å²) >= 11 is 0. The molecule has 1 heterocycles. The Bertz CT molecular complexity index is 330. The van der Waals surface area contributed by atoms with E-state index in [1.54, 1.807) is 0 Å². The SMILES string of the molecule is CC(C)Cn1nccc1NC1CCC(C)C1. The van der Waals surface area contributed by atoms with Crippen molar-refractivity contribution in [1.82, 2.24) is 9.78 Å². The molecule has 2 rings (SSSR count). The van der Waals surface area contributed by atoms with Gasteiger partial charge in [-0.05, 0) is 31.1 Å². The molecular formula is C13H23N3. The molecule has 1 fully saturated rings. The lowest BCUT2D eigenvalue weighted by Gasteiger charge is -2.16. The van der Waals surface area contributed by atoms with Gasteiger partial charge in [-0.3, -0.25) is 0 Å². The fraction of sp³-hybridized carbons (Fsp3) is 0.769. The maximum atomic E-state index is 4.37. The fourth-order valence-corrected chi connectivity index (χ4v) is 2.49. The average Bonchev–Trinajstić information content (AvgIpc) is 2.77. The second-order valence-electron chi connectivity index (χ2n) is 5.55. The summed E-state index contributed by atoms with van der Waals surface area (Å²) in [6.07, 6.45) is 5.85. The van der Waals surface area contributed by atoms with Gasteiger partial charge in [0.2, 0.25) is 0 Å². The average molecular weight is 221 g/mol. The first-order chi connectivity index (χ1) is 7.65. The van der Waals surface area contributed by atoms with Gasteiger partial charge in [0.05, 0.1) is 6.20 Å². The van der Waals surface area contributed by atoms with E-state index in [0.29, 0.717) is 12.0 Å². The number of hydrogen-bond acceptors (Lipinski definition) is 2. The van der Waals surface area contributed by atoms with Gasteiger partial charge in [0.1, 0.15) is 5.82 Å². The second kappa shape index (κ2) is 4.89. The van der Waals surface area contributed by atoms with Crippen molar-refractivity contribution in [3.05, 3.63) is 12.3 Å². The van der Waals surface area contributed by atoms with Crippen LogP contribution in [0.2, 0.25) is 0 Å². The van der Waals surface area contributed by atoms with E-state index < -0.39 is 0 Å². The van der Waals surface area contributed by atoms with Gasteiger partial charge in [-0.15, -0.1) is 0 Å². The lowest BCUT2D eigenvalue weighted by molar-refractivity contribution is 0.484. The molecule has 2 unspecified atom stereocenters. The number of anilines is 1. The molecule has 0 aromatic carbocycles. The van der Waals surface area contributed by atoms with Crippen LogP contribution in [0, 0.1) is 11.8 Å². The second-order valence-corrected chi connectivity index (χ2v) is 5.55. The normalized spacial score (nSPS) is 25.2. The lowest BCUT2D eigenvalue weighted by Crippen LogP contribution is -2.19. The van der Waals surface area contributed by atoms with E-state index in [1.165, 1.54) is 25.1 Å². The summed E-state index contributed by atoms with van der Waals surface area (Å²) in [5.41, 5.74) is 0. The molecule has 0 bridgehead atoms. The van der Waals surface area contributed by atoms with Crippen molar-refractivity contribution in [2.75, 3.05) is 5.32 Å². The van der Waals surface area contributed by atoms with E-state index in [-0.39, 0.29) is 0 Å². The summed E-state index contributed by atoms with van der Waals surface area (Å²) < 4.78 is 2.09. The van der Waals surface area contributed by atoms with Crippen LogP contribution in [0.25, 0.3) is 0 Å². The monoisotopic (exact) mass is 221 g/mol. The molecule has 1 N–H and O–H groups in total. The molecule has 0 radical (unpaired) electrons. The predicted octanol–water partition coefficient (Wildman–Crippen LogP) is 3.14. The van der Waals surface area contributed by atoms with Gasteiger partial charge >= 0.3 is 0 Å². The molecule has 16 heavy (non-hydrogen) atoms. The van der Waals surface area contributed by atoms with Crippen LogP contribution in [0.5, 0.6) is 0 Å². The minimum Gasteiger partial charge on any atom is -0.368 e. The summed E-state index contributed by atoms with van der Waals surface area (Å²) in [6.45, 7) is 7.79. The Morgan fingerprint density at radius 3 is 2.94 bits per heavy atom. The first-order valence-corrected chi connectivity index (χ1v) is 6.43. The highest BCUT2D eigenvalue weighted by Gasteiger charge is 2.21. The molecule has 3 heteroatoms. The Balaban J connectivity index is 1.96. The quantitative estimate of drug-likeness (QED) is 0.846. The first-order valence-electron chi connectivity index (χ1n) is 6.43. The Hall–Kier alpha value is -0.990. The van der Waals surface area contributed by atoms with Gasteiger partial charge < -0.3 is 5.32 Å². The molecule has 1 aromatic heterocycles. The van der Waals surface area contributed by atoms with Crippen LogP contribution >= 0.6 is 0 Å². The van der Waals surface area contributed by atoms with Crippen molar-refractivity contribution in [2.24, 2.45) is 11.8 Å². The zero-order chi connectivity index (χ0) is 11.5. The highest BCUT2D eigenvalue weighted by atomic mass is 15.3. The minimum absolute atomic E-state index is 0.642. The van der Waals surface area contributed by atoms with Crippen LogP contribution in [-0.4, -0.2) is 15.8 Å². The maximum absolute atomic E-state index is 4.37. The van der Waals surface area contributed by atoms with Crippen LogP contribution in [0.1, 0.15) is 40.0 Å². The van der Waals surface area contributed by atoms with E-state index in [9.17, 15) is 0 Å².